The number of aryl methyl sites for hydroxylation is 2. The lowest BCUT2D eigenvalue weighted by Crippen LogP contribution is -2.21. The van der Waals surface area contributed by atoms with Gasteiger partial charge in [0.1, 0.15) is 5.82 Å². The zero-order valence-corrected chi connectivity index (χ0v) is 14.7. The van der Waals surface area contributed by atoms with Crippen molar-refractivity contribution in [2.24, 2.45) is 11.7 Å². The fourth-order valence-corrected chi connectivity index (χ4v) is 3.11. The topological polar surface area (TPSA) is 97.9 Å². The van der Waals surface area contributed by atoms with Crippen LogP contribution in [0.4, 0.5) is 0 Å². The zero-order valence-electron chi connectivity index (χ0n) is 14.7. The maximum atomic E-state index is 11.2. The molecule has 0 bridgehead atoms. The minimum absolute atomic E-state index is 0.424. The lowest BCUT2D eigenvalue weighted by Gasteiger charge is -2.07. The van der Waals surface area contributed by atoms with Crippen molar-refractivity contribution >= 4 is 5.91 Å². The van der Waals surface area contributed by atoms with Gasteiger partial charge >= 0.3 is 0 Å². The third-order valence-electron chi connectivity index (χ3n) is 4.53. The van der Waals surface area contributed by atoms with E-state index in [0.29, 0.717) is 17.3 Å². The first-order valence-corrected chi connectivity index (χ1v) is 8.97. The molecule has 7 heteroatoms. The van der Waals surface area contributed by atoms with Crippen LogP contribution in [0, 0.1) is 5.92 Å². The molecule has 1 fully saturated rings. The molecule has 2 heterocycles. The Bertz CT molecular complexity index is 703. The van der Waals surface area contributed by atoms with Crippen molar-refractivity contribution in [3.8, 4) is 11.4 Å². The lowest BCUT2D eigenvalue weighted by atomic mass is 10.0. The van der Waals surface area contributed by atoms with E-state index in [4.69, 9.17) is 10.7 Å². The molecule has 1 saturated heterocycles. The highest BCUT2D eigenvalue weighted by Crippen LogP contribution is 2.18. The number of amides is 1. The molecule has 0 radical (unpaired) electrons. The number of carbonyl (C=O) groups is 1. The molecule has 1 aromatic carbocycles. The molecular formula is C18H26N6O. The molecular weight excluding hydrogens is 316 g/mol. The van der Waals surface area contributed by atoms with Crippen molar-refractivity contribution in [3.63, 3.8) is 0 Å². The smallest absolute Gasteiger partial charge is 0.248 e. The summed E-state index contributed by atoms with van der Waals surface area (Å²) < 4.78 is 2.02. The number of hydrogen-bond acceptors (Lipinski definition) is 5. The average Bonchev–Trinajstić information content (AvgIpc) is 3.26. The van der Waals surface area contributed by atoms with Crippen molar-refractivity contribution in [1.29, 1.82) is 0 Å². The first-order chi connectivity index (χ1) is 12.2. The van der Waals surface area contributed by atoms with Gasteiger partial charge in [0, 0.05) is 37.2 Å². The van der Waals surface area contributed by atoms with E-state index in [0.717, 1.165) is 50.3 Å². The van der Waals surface area contributed by atoms with E-state index in [1.807, 2.05) is 16.8 Å². The molecule has 134 valence electrons. The highest BCUT2D eigenvalue weighted by Gasteiger charge is 2.15. The van der Waals surface area contributed by atoms with Crippen molar-refractivity contribution in [2.45, 2.75) is 39.2 Å². The zero-order chi connectivity index (χ0) is 17.6. The Morgan fingerprint density at radius 1 is 1.28 bits per heavy atom. The first kappa shape index (κ1) is 17.6. The van der Waals surface area contributed by atoms with Crippen LogP contribution in [-0.2, 0) is 13.0 Å². The van der Waals surface area contributed by atoms with Crippen LogP contribution < -0.4 is 16.6 Å². The van der Waals surface area contributed by atoms with Crippen molar-refractivity contribution in [3.05, 3.63) is 35.7 Å². The summed E-state index contributed by atoms with van der Waals surface area (Å²) in [5, 5.41) is 4.66. The maximum Gasteiger partial charge on any atom is 0.248 e. The van der Waals surface area contributed by atoms with Gasteiger partial charge in [-0.15, -0.1) is 0 Å². The average molecular weight is 342 g/mol. The van der Waals surface area contributed by atoms with E-state index in [1.54, 1.807) is 12.1 Å². The number of benzene rings is 1. The summed E-state index contributed by atoms with van der Waals surface area (Å²) in [5.41, 5.74) is 13.0. The fourth-order valence-electron chi connectivity index (χ4n) is 3.11. The minimum atomic E-state index is -0.424. The number of hydrazine groups is 1. The maximum absolute atomic E-state index is 11.2. The van der Waals surface area contributed by atoms with Crippen molar-refractivity contribution in [2.75, 3.05) is 13.1 Å². The summed E-state index contributed by atoms with van der Waals surface area (Å²) in [7, 11) is 0. The van der Waals surface area contributed by atoms with Crippen LogP contribution in [-0.4, -0.2) is 33.8 Å². The predicted molar refractivity (Wildman–Crippen MR) is 96.7 cm³/mol. The van der Waals surface area contributed by atoms with Gasteiger partial charge in [0.15, 0.2) is 5.82 Å². The van der Waals surface area contributed by atoms with E-state index in [-0.39, 0.29) is 0 Å². The van der Waals surface area contributed by atoms with Gasteiger partial charge in [0.2, 0.25) is 5.91 Å². The van der Waals surface area contributed by atoms with Crippen molar-refractivity contribution < 1.29 is 4.79 Å². The summed E-state index contributed by atoms with van der Waals surface area (Å²) in [6, 6.07) is 7.15. The molecule has 3 rings (SSSR count). The third-order valence-corrected chi connectivity index (χ3v) is 4.53. The molecule has 4 N–H and O–H groups in total. The fraction of sp³-hybridized carbons (Fsp3) is 0.500. The number of primary amides is 1. The van der Waals surface area contributed by atoms with Gasteiger partial charge in [-0.05, 0) is 37.3 Å². The van der Waals surface area contributed by atoms with Crippen LogP contribution in [0.25, 0.3) is 11.4 Å². The standard InChI is InChI=1S/C18H26N6O/c1-2-10-24-16(5-3-4-13-11-20-21-12-13)22-18(23-24)15-8-6-14(7-9-15)17(19)25/h6-9,13,20-21H,2-5,10-12H2,1H3,(H2,19,25). The summed E-state index contributed by atoms with van der Waals surface area (Å²) in [6.07, 6.45) is 4.24. The van der Waals surface area contributed by atoms with Crippen LogP contribution in [0.5, 0.6) is 0 Å². The molecule has 2 aromatic rings. The number of hydrogen-bond donors (Lipinski definition) is 3. The largest absolute Gasteiger partial charge is 0.366 e. The van der Waals surface area contributed by atoms with Crippen LogP contribution in [0.15, 0.2) is 24.3 Å². The van der Waals surface area contributed by atoms with E-state index in [2.05, 4.69) is 22.9 Å². The molecule has 0 atom stereocenters. The second kappa shape index (κ2) is 8.22. The number of rotatable bonds is 8. The lowest BCUT2D eigenvalue weighted by molar-refractivity contribution is 0.100. The number of nitrogens with two attached hydrogens (primary N) is 1. The SMILES string of the molecule is CCCn1nc(-c2ccc(C(N)=O)cc2)nc1CCCC1CNNC1. The van der Waals surface area contributed by atoms with Crippen LogP contribution in [0.1, 0.15) is 42.4 Å². The highest BCUT2D eigenvalue weighted by atomic mass is 16.1. The molecule has 0 unspecified atom stereocenters. The highest BCUT2D eigenvalue weighted by molar-refractivity contribution is 5.93. The van der Waals surface area contributed by atoms with E-state index < -0.39 is 5.91 Å². The Hall–Kier alpha value is -2.25. The van der Waals surface area contributed by atoms with E-state index in [1.165, 1.54) is 6.42 Å². The predicted octanol–water partition coefficient (Wildman–Crippen LogP) is 1.50. The van der Waals surface area contributed by atoms with E-state index in [9.17, 15) is 4.79 Å². The van der Waals surface area contributed by atoms with Gasteiger partial charge in [0.25, 0.3) is 0 Å². The van der Waals surface area contributed by atoms with Crippen LogP contribution in [0.2, 0.25) is 0 Å². The summed E-state index contributed by atoms with van der Waals surface area (Å²) in [5.74, 6) is 2.02. The van der Waals surface area contributed by atoms with Gasteiger partial charge in [-0.3, -0.25) is 15.6 Å². The Morgan fingerprint density at radius 3 is 2.64 bits per heavy atom. The minimum Gasteiger partial charge on any atom is -0.366 e. The molecule has 0 saturated carbocycles. The van der Waals surface area contributed by atoms with Gasteiger partial charge < -0.3 is 5.73 Å². The van der Waals surface area contributed by atoms with Gasteiger partial charge in [0.05, 0.1) is 0 Å². The second-order valence-electron chi connectivity index (χ2n) is 6.54. The monoisotopic (exact) mass is 342 g/mol. The quantitative estimate of drug-likeness (QED) is 0.675. The number of aromatic nitrogens is 3. The molecule has 1 aliphatic rings. The molecule has 1 amide bonds. The normalized spacial score (nSPS) is 14.9. The summed E-state index contributed by atoms with van der Waals surface area (Å²) in [4.78, 5) is 15.9. The number of nitrogens with zero attached hydrogens (tertiary/aromatic N) is 3. The molecule has 1 aromatic heterocycles. The van der Waals surface area contributed by atoms with Crippen LogP contribution in [0.3, 0.4) is 0 Å². The summed E-state index contributed by atoms with van der Waals surface area (Å²) >= 11 is 0. The second-order valence-corrected chi connectivity index (χ2v) is 6.54. The molecule has 0 aliphatic carbocycles. The van der Waals surface area contributed by atoms with Gasteiger partial charge in [-0.25, -0.2) is 9.67 Å². The first-order valence-electron chi connectivity index (χ1n) is 8.97. The Morgan fingerprint density at radius 2 is 2.00 bits per heavy atom. The molecule has 1 aliphatic heterocycles. The molecule has 0 spiro atoms. The van der Waals surface area contributed by atoms with Crippen LogP contribution >= 0.6 is 0 Å². The number of carbonyl (C=O) groups excluding carboxylic acids is 1. The van der Waals surface area contributed by atoms with Gasteiger partial charge in [-0.1, -0.05) is 19.1 Å². The summed E-state index contributed by atoms with van der Waals surface area (Å²) in [6.45, 7) is 5.09. The molecule has 7 nitrogen and oxygen atoms in total. The Kier molecular flexibility index (Phi) is 5.78. The third kappa shape index (κ3) is 4.43. The Labute approximate surface area is 148 Å². The molecule has 25 heavy (non-hydrogen) atoms. The van der Waals surface area contributed by atoms with Gasteiger partial charge in [-0.2, -0.15) is 5.10 Å². The van der Waals surface area contributed by atoms with Crippen molar-refractivity contribution in [1.82, 2.24) is 25.6 Å². The van der Waals surface area contributed by atoms with E-state index >= 15 is 0 Å². The number of nitrogens with one attached hydrogen (secondary N) is 2. The Balaban J connectivity index is 1.70.